The summed E-state index contributed by atoms with van der Waals surface area (Å²) in [6.07, 6.45) is 0. The van der Waals surface area contributed by atoms with Crippen molar-refractivity contribution >= 4 is 29.1 Å². The van der Waals surface area contributed by atoms with Crippen molar-refractivity contribution in [3.63, 3.8) is 0 Å². The number of methoxy groups -OCH3 is 1. The van der Waals surface area contributed by atoms with Crippen LogP contribution in [-0.2, 0) is 4.74 Å². The molecule has 1 amide bonds. The SMILES string of the molecule is COC(=O)c1ccc(Nc2cc(C(=O)Nc3ccccc3C#N)nc(C)n2)cc1. The van der Waals surface area contributed by atoms with Crippen LogP contribution in [0.15, 0.2) is 54.6 Å². The number of aryl methyl sites for hydroxylation is 1. The number of carbonyl (C=O) groups excluding carboxylic acids is 2. The van der Waals surface area contributed by atoms with Crippen LogP contribution >= 0.6 is 0 Å². The van der Waals surface area contributed by atoms with Gasteiger partial charge in [0.25, 0.3) is 5.91 Å². The monoisotopic (exact) mass is 387 g/mol. The Labute approximate surface area is 167 Å². The first kappa shape index (κ1) is 19.5. The third kappa shape index (κ3) is 4.73. The summed E-state index contributed by atoms with van der Waals surface area (Å²) in [5, 5.41) is 14.9. The van der Waals surface area contributed by atoms with E-state index in [0.29, 0.717) is 34.1 Å². The second-order valence-corrected chi connectivity index (χ2v) is 5.99. The van der Waals surface area contributed by atoms with Gasteiger partial charge in [-0.3, -0.25) is 4.79 Å². The van der Waals surface area contributed by atoms with E-state index in [9.17, 15) is 9.59 Å². The second-order valence-electron chi connectivity index (χ2n) is 5.99. The number of anilines is 3. The molecule has 0 radical (unpaired) electrons. The van der Waals surface area contributed by atoms with E-state index in [1.165, 1.54) is 13.2 Å². The summed E-state index contributed by atoms with van der Waals surface area (Å²) in [4.78, 5) is 32.6. The molecular weight excluding hydrogens is 370 g/mol. The third-order valence-electron chi connectivity index (χ3n) is 3.94. The van der Waals surface area contributed by atoms with Gasteiger partial charge in [-0.1, -0.05) is 12.1 Å². The molecule has 0 unspecified atom stereocenters. The molecule has 144 valence electrons. The fraction of sp³-hybridized carbons (Fsp3) is 0.0952. The molecule has 0 bridgehead atoms. The number of esters is 1. The van der Waals surface area contributed by atoms with Gasteiger partial charge in [-0.15, -0.1) is 0 Å². The van der Waals surface area contributed by atoms with Crippen molar-refractivity contribution in [1.82, 2.24) is 9.97 Å². The van der Waals surface area contributed by atoms with E-state index in [-0.39, 0.29) is 5.69 Å². The molecule has 1 aromatic heterocycles. The summed E-state index contributed by atoms with van der Waals surface area (Å²) in [5.41, 5.74) is 2.02. The van der Waals surface area contributed by atoms with Crippen LogP contribution in [-0.4, -0.2) is 29.0 Å². The lowest BCUT2D eigenvalue weighted by molar-refractivity contribution is 0.0600. The highest BCUT2D eigenvalue weighted by molar-refractivity contribution is 6.04. The highest BCUT2D eigenvalue weighted by Gasteiger charge is 2.13. The van der Waals surface area contributed by atoms with E-state index in [2.05, 4.69) is 25.3 Å². The summed E-state index contributed by atoms with van der Waals surface area (Å²) in [6.45, 7) is 1.67. The minimum atomic E-state index is -0.456. The van der Waals surface area contributed by atoms with Gasteiger partial charge in [0.1, 0.15) is 23.4 Å². The Morgan fingerprint density at radius 2 is 1.79 bits per heavy atom. The molecule has 3 rings (SSSR count). The number of hydrogen-bond acceptors (Lipinski definition) is 7. The molecule has 1 heterocycles. The number of ether oxygens (including phenoxy) is 1. The van der Waals surface area contributed by atoms with Crippen molar-refractivity contribution in [1.29, 1.82) is 5.26 Å². The van der Waals surface area contributed by atoms with Crippen molar-refractivity contribution in [2.45, 2.75) is 6.92 Å². The topological polar surface area (TPSA) is 117 Å². The van der Waals surface area contributed by atoms with E-state index in [0.717, 1.165) is 0 Å². The average molecular weight is 387 g/mol. The number of amides is 1. The minimum Gasteiger partial charge on any atom is -0.465 e. The van der Waals surface area contributed by atoms with Gasteiger partial charge in [-0.05, 0) is 43.3 Å². The molecular formula is C21H17N5O3. The van der Waals surface area contributed by atoms with Gasteiger partial charge in [0.15, 0.2) is 0 Å². The van der Waals surface area contributed by atoms with Crippen molar-refractivity contribution < 1.29 is 14.3 Å². The molecule has 0 saturated heterocycles. The first-order valence-corrected chi connectivity index (χ1v) is 8.61. The van der Waals surface area contributed by atoms with Crippen molar-refractivity contribution in [2.24, 2.45) is 0 Å². The molecule has 29 heavy (non-hydrogen) atoms. The van der Waals surface area contributed by atoms with Gasteiger partial charge in [-0.25, -0.2) is 14.8 Å². The largest absolute Gasteiger partial charge is 0.465 e. The van der Waals surface area contributed by atoms with Crippen LogP contribution in [0, 0.1) is 18.3 Å². The fourth-order valence-electron chi connectivity index (χ4n) is 2.58. The van der Waals surface area contributed by atoms with Gasteiger partial charge in [0, 0.05) is 11.8 Å². The maximum Gasteiger partial charge on any atom is 0.337 e. The highest BCUT2D eigenvalue weighted by atomic mass is 16.5. The van der Waals surface area contributed by atoms with E-state index in [1.54, 1.807) is 55.5 Å². The number of aromatic nitrogens is 2. The molecule has 0 fully saturated rings. The second kappa shape index (κ2) is 8.63. The van der Waals surface area contributed by atoms with Gasteiger partial charge in [-0.2, -0.15) is 5.26 Å². The summed E-state index contributed by atoms with van der Waals surface area (Å²) in [5.74, 6) is -0.0599. The van der Waals surface area contributed by atoms with Gasteiger partial charge >= 0.3 is 5.97 Å². The summed E-state index contributed by atoms with van der Waals surface area (Å²) in [7, 11) is 1.32. The normalized spacial score (nSPS) is 9.97. The molecule has 2 aromatic carbocycles. The van der Waals surface area contributed by atoms with Crippen LogP contribution in [0.3, 0.4) is 0 Å². The van der Waals surface area contributed by atoms with Crippen LogP contribution in [0.1, 0.15) is 32.2 Å². The van der Waals surface area contributed by atoms with Crippen molar-refractivity contribution in [3.05, 3.63) is 77.2 Å². The van der Waals surface area contributed by atoms with Crippen LogP contribution in [0.4, 0.5) is 17.2 Å². The Hall–Kier alpha value is -4.25. The van der Waals surface area contributed by atoms with Crippen LogP contribution in [0.5, 0.6) is 0 Å². The van der Waals surface area contributed by atoms with Crippen molar-refractivity contribution in [3.8, 4) is 6.07 Å². The zero-order valence-corrected chi connectivity index (χ0v) is 15.8. The summed E-state index contributed by atoms with van der Waals surface area (Å²) < 4.78 is 4.67. The third-order valence-corrected chi connectivity index (χ3v) is 3.94. The van der Waals surface area contributed by atoms with Crippen LogP contribution < -0.4 is 10.6 Å². The maximum absolute atomic E-state index is 12.6. The van der Waals surface area contributed by atoms with E-state index in [1.807, 2.05) is 6.07 Å². The summed E-state index contributed by atoms with van der Waals surface area (Å²) in [6, 6.07) is 16.9. The van der Waals surface area contributed by atoms with Gasteiger partial charge in [0.05, 0.1) is 23.9 Å². The first-order valence-electron chi connectivity index (χ1n) is 8.61. The number of benzene rings is 2. The number of nitrogens with zero attached hydrogens (tertiary/aromatic N) is 3. The number of nitrogens with one attached hydrogen (secondary N) is 2. The standard InChI is InChI=1S/C21H17N5O3/c1-13-23-18(20(27)26-17-6-4-3-5-15(17)12-22)11-19(24-13)25-16-9-7-14(8-10-16)21(28)29-2/h3-11H,1-2H3,(H,26,27)(H,23,24,25). The molecule has 8 nitrogen and oxygen atoms in total. The van der Waals surface area contributed by atoms with E-state index in [4.69, 9.17) is 5.26 Å². The molecule has 8 heteroatoms. The molecule has 0 aliphatic rings. The zero-order chi connectivity index (χ0) is 20.8. The molecule has 0 spiro atoms. The molecule has 0 saturated carbocycles. The Morgan fingerprint density at radius 1 is 1.07 bits per heavy atom. The lowest BCUT2D eigenvalue weighted by Crippen LogP contribution is -2.16. The average Bonchev–Trinajstić information content (AvgIpc) is 2.73. The smallest absolute Gasteiger partial charge is 0.337 e. The number of rotatable bonds is 5. The molecule has 3 aromatic rings. The van der Waals surface area contributed by atoms with Crippen LogP contribution in [0.25, 0.3) is 0 Å². The van der Waals surface area contributed by atoms with Crippen molar-refractivity contribution in [2.75, 3.05) is 17.7 Å². The Bertz CT molecular complexity index is 1100. The number of para-hydroxylation sites is 1. The predicted octanol–water partition coefficient (Wildman–Crippen LogP) is 3.44. The quantitative estimate of drug-likeness (QED) is 0.644. The predicted molar refractivity (Wildman–Crippen MR) is 107 cm³/mol. The molecule has 0 aliphatic carbocycles. The molecule has 2 N–H and O–H groups in total. The Kier molecular flexibility index (Phi) is 5.80. The minimum absolute atomic E-state index is 0.152. The lowest BCUT2D eigenvalue weighted by atomic mass is 10.2. The zero-order valence-electron chi connectivity index (χ0n) is 15.8. The summed E-state index contributed by atoms with van der Waals surface area (Å²) >= 11 is 0. The van der Waals surface area contributed by atoms with Gasteiger partial charge < -0.3 is 15.4 Å². The fourth-order valence-corrected chi connectivity index (χ4v) is 2.58. The number of nitriles is 1. The maximum atomic E-state index is 12.6. The Morgan fingerprint density at radius 3 is 2.48 bits per heavy atom. The number of carbonyl (C=O) groups is 2. The molecule has 0 aliphatic heterocycles. The first-order chi connectivity index (χ1) is 14.0. The molecule has 0 atom stereocenters. The van der Waals surface area contributed by atoms with Gasteiger partial charge in [0.2, 0.25) is 0 Å². The lowest BCUT2D eigenvalue weighted by Gasteiger charge is -2.10. The van der Waals surface area contributed by atoms with E-state index >= 15 is 0 Å². The Balaban J connectivity index is 1.80. The number of hydrogen-bond donors (Lipinski definition) is 2. The highest BCUT2D eigenvalue weighted by Crippen LogP contribution is 2.19. The van der Waals surface area contributed by atoms with E-state index < -0.39 is 11.9 Å². The van der Waals surface area contributed by atoms with Crippen LogP contribution in [0.2, 0.25) is 0 Å².